The second-order valence-corrected chi connectivity index (χ2v) is 15.4. The van der Waals surface area contributed by atoms with Crippen LogP contribution in [0.15, 0.2) is 59.5 Å². The highest BCUT2D eigenvalue weighted by Crippen LogP contribution is 2.35. The Morgan fingerprint density at radius 3 is 2.30 bits per heavy atom. The van der Waals surface area contributed by atoms with Crippen LogP contribution in [0.25, 0.3) is 0 Å². The molecule has 2 aromatic rings. The van der Waals surface area contributed by atoms with Crippen molar-refractivity contribution >= 4 is 22.0 Å². The first-order valence-corrected chi connectivity index (χ1v) is 16.7. The number of carbonyl (C=O) groups excluding carboxylic acids is 2. The Morgan fingerprint density at radius 2 is 1.67 bits per heavy atom. The molecule has 2 heterocycles. The van der Waals surface area contributed by atoms with Crippen LogP contribution >= 0.6 is 0 Å². The summed E-state index contributed by atoms with van der Waals surface area (Å²) in [5.74, 6) is 0.285. The molecule has 9 nitrogen and oxygen atoms in total. The molecule has 0 bridgehead atoms. The predicted molar refractivity (Wildman–Crippen MR) is 168 cm³/mol. The number of sulfonamides is 1. The fourth-order valence-corrected chi connectivity index (χ4v) is 7.63. The summed E-state index contributed by atoms with van der Waals surface area (Å²) in [6.07, 6.45) is 2.47. The molecule has 0 aliphatic carbocycles. The number of nitrogens with one attached hydrogen (secondary N) is 1. The normalized spacial score (nSPS) is 20.9. The molecule has 236 valence electrons. The Kier molecular flexibility index (Phi) is 10.2. The largest absolute Gasteiger partial charge is 0.444 e. The van der Waals surface area contributed by atoms with Crippen LogP contribution < -0.4 is 5.32 Å². The van der Waals surface area contributed by atoms with Gasteiger partial charge in [-0.05, 0) is 75.8 Å². The lowest BCUT2D eigenvalue weighted by Crippen LogP contribution is -2.49. The summed E-state index contributed by atoms with van der Waals surface area (Å²) < 4.78 is 34.4. The van der Waals surface area contributed by atoms with Gasteiger partial charge in [0, 0.05) is 58.2 Å². The van der Waals surface area contributed by atoms with Gasteiger partial charge in [0.15, 0.2) is 0 Å². The topological polar surface area (TPSA) is 99.3 Å². The molecule has 0 aromatic heterocycles. The van der Waals surface area contributed by atoms with Crippen LogP contribution in [-0.4, -0.2) is 85.9 Å². The third-order valence-corrected chi connectivity index (χ3v) is 10.6. The van der Waals surface area contributed by atoms with E-state index in [0.29, 0.717) is 19.0 Å². The van der Waals surface area contributed by atoms with Crippen LogP contribution in [0.4, 0.5) is 4.79 Å². The van der Waals surface area contributed by atoms with Crippen molar-refractivity contribution in [2.75, 3.05) is 39.8 Å². The number of fused-ring (bicyclic) bond motifs is 1. The third kappa shape index (κ3) is 8.37. The smallest absolute Gasteiger partial charge is 0.410 e. The van der Waals surface area contributed by atoms with Gasteiger partial charge in [-0.3, -0.25) is 4.79 Å². The van der Waals surface area contributed by atoms with E-state index in [0.717, 1.165) is 56.6 Å². The van der Waals surface area contributed by atoms with Gasteiger partial charge < -0.3 is 19.9 Å². The van der Waals surface area contributed by atoms with E-state index < -0.39 is 21.0 Å². The zero-order chi connectivity index (χ0) is 31.4. The summed E-state index contributed by atoms with van der Waals surface area (Å²) >= 11 is 0. The van der Waals surface area contributed by atoms with Crippen molar-refractivity contribution in [3.8, 4) is 0 Å². The minimum absolute atomic E-state index is 0.132. The summed E-state index contributed by atoms with van der Waals surface area (Å²) in [6, 6.07) is 17.1. The van der Waals surface area contributed by atoms with Crippen LogP contribution in [0.5, 0.6) is 0 Å². The molecule has 2 fully saturated rings. The number of ether oxygens (including phenoxy) is 1. The zero-order valence-electron chi connectivity index (χ0n) is 26.5. The first-order valence-electron chi connectivity index (χ1n) is 15.3. The Balaban J connectivity index is 1.42. The van der Waals surface area contributed by atoms with E-state index in [1.165, 1.54) is 11.2 Å². The van der Waals surface area contributed by atoms with E-state index in [2.05, 4.69) is 29.3 Å². The molecule has 3 atom stereocenters. The maximum absolute atomic E-state index is 13.6. The number of carbonyl (C=O) groups is 2. The molecule has 43 heavy (non-hydrogen) atoms. The highest BCUT2D eigenvalue weighted by atomic mass is 32.2. The van der Waals surface area contributed by atoms with E-state index >= 15 is 0 Å². The van der Waals surface area contributed by atoms with Crippen LogP contribution in [-0.2, 0) is 31.5 Å². The summed E-state index contributed by atoms with van der Waals surface area (Å²) in [6.45, 7) is 13.4. The van der Waals surface area contributed by atoms with Gasteiger partial charge in [-0.1, -0.05) is 49.4 Å². The molecular weight excluding hydrogens is 564 g/mol. The van der Waals surface area contributed by atoms with Gasteiger partial charge in [0.05, 0.1) is 4.90 Å². The van der Waals surface area contributed by atoms with Crippen molar-refractivity contribution in [2.45, 2.75) is 82.4 Å². The van der Waals surface area contributed by atoms with E-state index in [1.807, 2.05) is 43.9 Å². The number of nitrogens with zero attached hydrogens (tertiary/aromatic N) is 3. The lowest BCUT2D eigenvalue weighted by molar-refractivity contribution is -0.119. The van der Waals surface area contributed by atoms with Crippen molar-refractivity contribution in [1.82, 2.24) is 19.4 Å². The van der Waals surface area contributed by atoms with Crippen molar-refractivity contribution < 1.29 is 22.7 Å². The van der Waals surface area contributed by atoms with Crippen molar-refractivity contribution in [3.63, 3.8) is 0 Å². The second kappa shape index (κ2) is 13.4. The fourth-order valence-electron chi connectivity index (χ4n) is 6.33. The molecule has 1 N–H and O–H groups in total. The molecule has 4 rings (SSSR count). The van der Waals surface area contributed by atoms with Gasteiger partial charge in [-0.15, -0.1) is 0 Å². The number of rotatable bonds is 10. The molecule has 2 amide bonds. The average Bonchev–Trinajstić information content (AvgIpc) is 3.38. The van der Waals surface area contributed by atoms with Gasteiger partial charge in [0.1, 0.15) is 5.60 Å². The average molecular weight is 613 g/mol. The molecular formula is C33H48N4O5S. The number of hydrogen-bond donors (Lipinski definition) is 1. The van der Waals surface area contributed by atoms with Crippen LogP contribution in [0.3, 0.4) is 0 Å². The summed E-state index contributed by atoms with van der Waals surface area (Å²) in [5, 5.41) is 2.73. The fraction of sp³-hybridized carbons (Fsp3) is 0.576. The number of hydrogen-bond acceptors (Lipinski definition) is 6. The minimum Gasteiger partial charge on any atom is -0.444 e. The van der Waals surface area contributed by atoms with Crippen molar-refractivity contribution in [2.24, 2.45) is 5.92 Å². The van der Waals surface area contributed by atoms with Crippen molar-refractivity contribution in [1.29, 1.82) is 0 Å². The third-order valence-electron chi connectivity index (χ3n) is 8.74. The number of benzene rings is 2. The Morgan fingerprint density at radius 1 is 1.00 bits per heavy atom. The van der Waals surface area contributed by atoms with Crippen LogP contribution in [0, 0.1) is 5.92 Å². The first-order chi connectivity index (χ1) is 20.2. The summed E-state index contributed by atoms with van der Waals surface area (Å²) in [7, 11) is -2.08. The first kappa shape index (κ1) is 33.0. The van der Waals surface area contributed by atoms with Gasteiger partial charge in [-0.25, -0.2) is 17.5 Å². The molecule has 2 aliphatic rings. The number of likely N-dealkylation sites (tertiary alicyclic amines) is 2. The van der Waals surface area contributed by atoms with E-state index in [-0.39, 0.29) is 22.9 Å². The van der Waals surface area contributed by atoms with Gasteiger partial charge in [0.25, 0.3) is 0 Å². The predicted octanol–water partition coefficient (Wildman–Crippen LogP) is 4.62. The Hall–Kier alpha value is -2.95. The maximum Gasteiger partial charge on any atom is 0.410 e. The number of piperidine rings is 1. The molecule has 3 unspecified atom stereocenters. The zero-order valence-corrected chi connectivity index (χ0v) is 27.3. The molecule has 0 spiro atoms. The minimum atomic E-state index is -3.73. The van der Waals surface area contributed by atoms with Crippen LogP contribution in [0.2, 0.25) is 0 Å². The molecule has 0 saturated carbocycles. The van der Waals surface area contributed by atoms with Gasteiger partial charge >= 0.3 is 6.09 Å². The van der Waals surface area contributed by atoms with E-state index in [9.17, 15) is 18.0 Å². The molecule has 0 radical (unpaired) electrons. The van der Waals surface area contributed by atoms with E-state index in [4.69, 9.17) is 4.74 Å². The highest BCUT2D eigenvalue weighted by Gasteiger charge is 2.42. The second-order valence-electron chi connectivity index (χ2n) is 13.4. The quantitative estimate of drug-likeness (QED) is 0.421. The molecule has 10 heteroatoms. The molecule has 2 aliphatic heterocycles. The summed E-state index contributed by atoms with van der Waals surface area (Å²) in [5.41, 5.74) is 1.03. The van der Waals surface area contributed by atoms with Crippen molar-refractivity contribution in [3.05, 3.63) is 65.7 Å². The summed E-state index contributed by atoms with van der Waals surface area (Å²) in [4.78, 5) is 28.6. The molecule has 2 saturated heterocycles. The molecule has 2 aromatic carbocycles. The Bertz CT molecular complexity index is 1360. The van der Waals surface area contributed by atoms with Gasteiger partial charge in [0.2, 0.25) is 15.9 Å². The maximum atomic E-state index is 13.6. The van der Waals surface area contributed by atoms with Gasteiger partial charge in [-0.2, -0.15) is 0 Å². The number of amides is 2. The Labute approximate surface area is 257 Å². The lowest BCUT2D eigenvalue weighted by Gasteiger charge is -2.40. The van der Waals surface area contributed by atoms with E-state index in [1.54, 1.807) is 31.3 Å². The van der Waals surface area contributed by atoms with Crippen LogP contribution in [0.1, 0.15) is 65.0 Å². The number of likely N-dealkylation sites (N-methyl/N-ethyl adjacent to an activating group) is 1. The monoisotopic (exact) mass is 612 g/mol. The highest BCUT2D eigenvalue weighted by molar-refractivity contribution is 7.89. The standard InChI is InChI=1S/C33H48N4O5S/c1-25(38)34-22-26-12-14-29(15-13-26)43(40,41)35(6)24-33(5,28-10-8-7-9-11-28)18-21-36-19-17-30-27(23-36)16-20-37(30)31(39)42-32(2,3)4/h7-15,27,30H,16-24H2,1-6H3,(H,34,38). The SMILES string of the molecule is CC(=O)NCc1ccc(S(=O)(=O)N(C)CC(C)(CCN2CCC3C(CCN3C(=O)OC(C)(C)C)C2)c2ccccc2)cc1. The lowest BCUT2D eigenvalue weighted by atomic mass is 9.79.